The lowest BCUT2D eigenvalue weighted by molar-refractivity contribution is 0.0817. The molecular formula is C21H16O3. The molecule has 3 aromatic carbocycles. The Hall–Kier alpha value is -3.20. The maximum atomic E-state index is 12.7. The third kappa shape index (κ3) is 3.10. The molecule has 3 rings (SSSR count). The van der Waals surface area contributed by atoms with Gasteiger partial charge in [0.05, 0.1) is 7.11 Å². The van der Waals surface area contributed by atoms with Crippen molar-refractivity contribution in [2.45, 2.75) is 0 Å². The minimum Gasteiger partial charge on any atom is -0.497 e. The van der Waals surface area contributed by atoms with Crippen LogP contribution >= 0.6 is 0 Å². The molecule has 3 heteroatoms. The molecule has 0 amide bonds. The van der Waals surface area contributed by atoms with Gasteiger partial charge in [-0.1, -0.05) is 66.7 Å². The highest BCUT2D eigenvalue weighted by Crippen LogP contribution is 2.26. The summed E-state index contributed by atoms with van der Waals surface area (Å²) in [6.07, 6.45) is 0. The third-order valence-corrected chi connectivity index (χ3v) is 3.81. The van der Waals surface area contributed by atoms with E-state index in [-0.39, 0.29) is 0 Å². The van der Waals surface area contributed by atoms with E-state index in [9.17, 15) is 9.59 Å². The molecule has 0 spiro atoms. The Morgan fingerprint density at radius 1 is 0.708 bits per heavy atom. The number of ketones is 2. The summed E-state index contributed by atoms with van der Waals surface area (Å²) in [6, 6.07) is 23.1. The van der Waals surface area contributed by atoms with Crippen LogP contribution in [-0.4, -0.2) is 18.7 Å². The highest BCUT2D eigenvalue weighted by Gasteiger charge is 2.21. The van der Waals surface area contributed by atoms with Crippen molar-refractivity contribution in [3.05, 3.63) is 90.0 Å². The Bertz CT molecular complexity index is 865. The lowest BCUT2D eigenvalue weighted by atomic mass is 9.93. The number of ether oxygens (including phenoxy) is 1. The fraction of sp³-hybridized carbons (Fsp3) is 0.0476. The van der Waals surface area contributed by atoms with Crippen LogP contribution in [0.15, 0.2) is 78.9 Å². The van der Waals surface area contributed by atoms with Gasteiger partial charge >= 0.3 is 0 Å². The predicted molar refractivity (Wildman–Crippen MR) is 93.5 cm³/mol. The van der Waals surface area contributed by atoms with Crippen LogP contribution in [0.25, 0.3) is 11.1 Å². The van der Waals surface area contributed by atoms with Gasteiger partial charge in [-0.15, -0.1) is 0 Å². The summed E-state index contributed by atoms with van der Waals surface area (Å²) >= 11 is 0. The first-order valence-electron chi connectivity index (χ1n) is 7.58. The zero-order valence-corrected chi connectivity index (χ0v) is 13.2. The van der Waals surface area contributed by atoms with E-state index < -0.39 is 11.6 Å². The number of hydrogen-bond acceptors (Lipinski definition) is 3. The van der Waals surface area contributed by atoms with E-state index in [4.69, 9.17) is 4.74 Å². The smallest absolute Gasteiger partial charge is 0.234 e. The maximum absolute atomic E-state index is 12.7. The van der Waals surface area contributed by atoms with Gasteiger partial charge in [-0.05, 0) is 23.3 Å². The fourth-order valence-corrected chi connectivity index (χ4v) is 2.55. The van der Waals surface area contributed by atoms with Crippen LogP contribution in [0.4, 0.5) is 0 Å². The van der Waals surface area contributed by atoms with Crippen molar-refractivity contribution in [3.63, 3.8) is 0 Å². The van der Waals surface area contributed by atoms with Crippen LogP contribution < -0.4 is 4.74 Å². The average molecular weight is 316 g/mol. The van der Waals surface area contributed by atoms with E-state index in [1.165, 1.54) is 0 Å². The minimum atomic E-state index is -0.507. The summed E-state index contributed by atoms with van der Waals surface area (Å²) in [5.41, 5.74) is 2.39. The molecular weight excluding hydrogens is 300 g/mol. The lowest BCUT2D eigenvalue weighted by Gasteiger charge is -2.09. The van der Waals surface area contributed by atoms with Crippen molar-refractivity contribution in [1.29, 1.82) is 0 Å². The Morgan fingerprint density at radius 3 is 2.00 bits per heavy atom. The largest absolute Gasteiger partial charge is 0.497 e. The molecule has 0 saturated carbocycles. The minimum absolute atomic E-state index is 0.395. The Morgan fingerprint density at radius 2 is 1.33 bits per heavy atom. The Balaban J connectivity index is 1.99. The van der Waals surface area contributed by atoms with Crippen LogP contribution in [0.5, 0.6) is 5.75 Å². The first-order chi connectivity index (χ1) is 11.7. The number of carbonyl (C=O) groups excluding carboxylic acids is 2. The average Bonchev–Trinajstić information content (AvgIpc) is 2.67. The van der Waals surface area contributed by atoms with Crippen LogP contribution in [-0.2, 0) is 0 Å². The van der Waals surface area contributed by atoms with Gasteiger partial charge in [0.25, 0.3) is 0 Å². The molecule has 3 nitrogen and oxygen atoms in total. The number of benzene rings is 3. The van der Waals surface area contributed by atoms with Gasteiger partial charge in [0.1, 0.15) is 5.75 Å². The molecule has 0 aliphatic heterocycles. The summed E-state index contributed by atoms with van der Waals surface area (Å²) in [5, 5.41) is 0. The molecule has 0 aromatic heterocycles. The lowest BCUT2D eigenvalue weighted by Crippen LogP contribution is -2.15. The second kappa shape index (κ2) is 6.92. The van der Waals surface area contributed by atoms with Crippen molar-refractivity contribution in [1.82, 2.24) is 0 Å². The van der Waals surface area contributed by atoms with Gasteiger partial charge in [0, 0.05) is 11.1 Å². The van der Waals surface area contributed by atoms with Gasteiger partial charge < -0.3 is 4.74 Å². The van der Waals surface area contributed by atoms with Crippen molar-refractivity contribution in [2.24, 2.45) is 0 Å². The molecule has 0 fully saturated rings. The summed E-state index contributed by atoms with van der Waals surface area (Å²) in [6.45, 7) is 0. The summed E-state index contributed by atoms with van der Waals surface area (Å²) < 4.78 is 5.16. The van der Waals surface area contributed by atoms with Crippen LogP contribution in [0, 0.1) is 0 Å². The monoisotopic (exact) mass is 316 g/mol. The van der Waals surface area contributed by atoms with Crippen molar-refractivity contribution in [3.8, 4) is 16.9 Å². The van der Waals surface area contributed by atoms with Gasteiger partial charge in [-0.3, -0.25) is 9.59 Å². The number of methoxy groups -OCH3 is 1. The van der Waals surface area contributed by atoms with E-state index >= 15 is 0 Å². The van der Waals surface area contributed by atoms with Gasteiger partial charge in [-0.2, -0.15) is 0 Å². The van der Waals surface area contributed by atoms with E-state index in [2.05, 4.69) is 0 Å². The predicted octanol–water partition coefficient (Wildman–Crippen LogP) is 4.43. The van der Waals surface area contributed by atoms with E-state index in [0.717, 1.165) is 16.9 Å². The quantitative estimate of drug-likeness (QED) is 0.516. The number of carbonyl (C=O) groups is 2. The van der Waals surface area contributed by atoms with Gasteiger partial charge in [-0.25, -0.2) is 0 Å². The topological polar surface area (TPSA) is 43.4 Å². The Labute approximate surface area is 140 Å². The van der Waals surface area contributed by atoms with E-state index in [0.29, 0.717) is 11.1 Å². The zero-order chi connectivity index (χ0) is 16.9. The molecule has 0 N–H and O–H groups in total. The molecule has 118 valence electrons. The molecule has 0 aliphatic rings. The molecule has 0 heterocycles. The van der Waals surface area contributed by atoms with Gasteiger partial charge in [0.15, 0.2) is 0 Å². The summed E-state index contributed by atoms with van der Waals surface area (Å²) in [4.78, 5) is 25.1. The third-order valence-electron chi connectivity index (χ3n) is 3.81. The van der Waals surface area contributed by atoms with Crippen molar-refractivity contribution in [2.75, 3.05) is 7.11 Å². The molecule has 3 aromatic rings. The molecule has 0 aliphatic carbocycles. The Kier molecular flexibility index (Phi) is 4.52. The second-order valence-electron chi connectivity index (χ2n) is 5.30. The number of Topliss-reactive ketones (excluding diaryl/α,β-unsaturated/α-hetero) is 2. The highest BCUT2D eigenvalue weighted by molar-refractivity contribution is 6.50. The molecule has 0 radical (unpaired) electrons. The summed E-state index contributed by atoms with van der Waals surface area (Å²) in [7, 11) is 1.60. The molecule has 24 heavy (non-hydrogen) atoms. The van der Waals surface area contributed by atoms with Crippen molar-refractivity contribution < 1.29 is 14.3 Å². The maximum Gasteiger partial charge on any atom is 0.234 e. The van der Waals surface area contributed by atoms with Crippen molar-refractivity contribution >= 4 is 11.6 Å². The molecule has 0 bridgehead atoms. The molecule has 0 unspecified atom stereocenters. The van der Waals surface area contributed by atoms with Crippen LogP contribution in [0.3, 0.4) is 0 Å². The van der Waals surface area contributed by atoms with Gasteiger partial charge in [0.2, 0.25) is 11.6 Å². The number of hydrogen-bond donors (Lipinski definition) is 0. The normalized spacial score (nSPS) is 10.2. The standard InChI is InChI=1S/C21H16O3/c1-24-17-13-11-15(12-14-17)18-9-5-6-10-19(18)21(23)20(22)16-7-3-2-4-8-16/h2-14H,1H3. The SMILES string of the molecule is COc1ccc(-c2ccccc2C(=O)C(=O)c2ccccc2)cc1. The summed E-state index contributed by atoms with van der Waals surface area (Å²) in [5.74, 6) is -0.271. The van der Waals surface area contributed by atoms with Crippen LogP contribution in [0.2, 0.25) is 0 Å². The molecule has 0 atom stereocenters. The first kappa shape index (κ1) is 15.7. The van der Waals surface area contributed by atoms with E-state index in [1.807, 2.05) is 42.5 Å². The van der Waals surface area contributed by atoms with Crippen LogP contribution in [0.1, 0.15) is 20.7 Å². The van der Waals surface area contributed by atoms with E-state index in [1.54, 1.807) is 43.5 Å². The number of rotatable bonds is 5. The molecule has 0 saturated heterocycles. The first-order valence-corrected chi connectivity index (χ1v) is 7.58. The fourth-order valence-electron chi connectivity index (χ4n) is 2.55. The zero-order valence-electron chi connectivity index (χ0n) is 13.2. The second-order valence-corrected chi connectivity index (χ2v) is 5.30. The highest BCUT2D eigenvalue weighted by atomic mass is 16.5.